The van der Waals surface area contributed by atoms with Crippen molar-refractivity contribution in [3.05, 3.63) is 53.1 Å². The highest BCUT2D eigenvalue weighted by atomic mass is 35.5. The second-order valence-corrected chi connectivity index (χ2v) is 5.93. The molecule has 0 atom stereocenters. The molecule has 0 aliphatic carbocycles. The average molecular weight is 403 g/mol. The number of amides is 1. The number of halogens is 1. The third kappa shape index (κ3) is 6.82. The molecule has 0 aliphatic rings. The highest BCUT2D eigenvalue weighted by Crippen LogP contribution is 2.20. The summed E-state index contributed by atoms with van der Waals surface area (Å²) >= 11 is 5.89. The number of anilines is 1. The van der Waals surface area contributed by atoms with Gasteiger partial charge in [0.1, 0.15) is 17.6 Å². The zero-order chi connectivity index (χ0) is 20.4. The normalized spacial score (nSPS) is 9.89. The van der Waals surface area contributed by atoms with E-state index in [1.165, 1.54) is 18.2 Å². The molecule has 0 saturated heterocycles. The summed E-state index contributed by atoms with van der Waals surface area (Å²) in [7, 11) is 0. The maximum absolute atomic E-state index is 11.8. The third-order valence-electron chi connectivity index (χ3n) is 3.45. The number of rotatable bonds is 9. The standard InChI is InChI=1S/C20H19ClN2O5/c1-2-26-16-5-7-17(8-6-16)27-10-9-20(25)28-13-19(24)23-15-4-3-14(12-22)18(21)11-15/h3-8,11H,2,9-10,13H2,1H3,(H,23,24). The number of esters is 1. The van der Waals surface area contributed by atoms with Crippen LogP contribution in [-0.2, 0) is 14.3 Å². The number of nitrogens with one attached hydrogen (secondary N) is 1. The molecule has 2 aromatic rings. The lowest BCUT2D eigenvalue weighted by atomic mass is 10.2. The number of hydrogen-bond acceptors (Lipinski definition) is 6. The molecule has 146 valence electrons. The molecule has 0 bridgehead atoms. The lowest BCUT2D eigenvalue weighted by Crippen LogP contribution is -2.21. The van der Waals surface area contributed by atoms with E-state index in [2.05, 4.69) is 5.32 Å². The van der Waals surface area contributed by atoms with E-state index in [1.54, 1.807) is 24.3 Å². The second-order valence-electron chi connectivity index (χ2n) is 5.52. The molecule has 0 spiro atoms. The van der Waals surface area contributed by atoms with Crippen molar-refractivity contribution in [2.45, 2.75) is 13.3 Å². The fourth-order valence-corrected chi connectivity index (χ4v) is 2.37. The van der Waals surface area contributed by atoms with Crippen molar-refractivity contribution in [1.82, 2.24) is 0 Å². The molecular formula is C20H19ClN2O5. The number of hydrogen-bond donors (Lipinski definition) is 1. The van der Waals surface area contributed by atoms with Gasteiger partial charge in [-0.3, -0.25) is 9.59 Å². The first-order chi connectivity index (χ1) is 13.5. The van der Waals surface area contributed by atoms with E-state index in [9.17, 15) is 9.59 Å². The SMILES string of the molecule is CCOc1ccc(OCCC(=O)OCC(=O)Nc2ccc(C#N)c(Cl)c2)cc1. The Morgan fingerprint density at radius 2 is 1.79 bits per heavy atom. The molecule has 0 heterocycles. The number of benzene rings is 2. The Balaban J connectivity index is 1.68. The lowest BCUT2D eigenvalue weighted by molar-refractivity contribution is -0.147. The van der Waals surface area contributed by atoms with Gasteiger partial charge in [-0.2, -0.15) is 5.26 Å². The van der Waals surface area contributed by atoms with Gasteiger partial charge >= 0.3 is 5.97 Å². The van der Waals surface area contributed by atoms with Crippen LogP contribution in [-0.4, -0.2) is 31.7 Å². The average Bonchev–Trinajstić information content (AvgIpc) is 2.68. The molecule has 0 aromatic heterocycles. The van der Waals surface area contributed by atoms with Crippen molar-refractivity contribution >= 4 is 29.2 Å². The predicted octanol–water partition coefficient (Wildman–Crippen LogP) is 3.56. The first-order valence-electron chi connectivity index (χ1n) is 8.52. The molecule has 0 radical (unpaired) electrons. The summed E-state index contributed by atoms with van der Waals surface area (Å²) in [6.07, 6.45) is 0.00316. The van der Waals surface area contributed by atoms with Crippen LogP contribution in [0.1, 0.15) is 18.9 Å². The van der Waals surface area contributed by atoms with E-state index < -0.39 is 18.5 Å². The van der Waals surface area contributed by atoms with Crippen LogP contribution in [0, 0.1) is 11.3 Å². The quantitative estimate of drug-likeness (QED) is 0.644. The fraction of sp³-hybridized carbons (Fsp3) is 0.250. The molecule has 1 N–H and O–H groups in total. The number of carbonyl (C=O) groups is 2. The molecule has 0 fully saturated rings. The van der Waals surface area contributed by atoms with Gasteiger partial charge in [0.2, 0.25) is 0 Å². The van der Waals surface area contributed by atoms with E-state index in [-0.39, 0.29) is 18.1 Å². The van der Waals surface area contributed by atoms with Gasteiger partial charge < -0.3 is 19.5 Å². The van der Waals surface area contributed by atoms with E-state index in [0.717, 1.165) is 5.75 Å². The number of nitrogens with zero attached hydrogens (tertiary/aromatic N) is 1. The molecule has 0 aliphatic heterocycles. The Morgan fingerprint density at radius 3 is 2.39 bits per heavy atom. The molecule has 0 saturated carbocycles. The Hall–Kier alpha value is -3.24. The molecule has 7 nitrogen and oxygen atoms in total. The van der Waals surface area contributed by atoms with Crippen molar-refractivity contribution in [2.75, 3.05) is 25.1 Å². The van der Waals surface area contributed by atoms with E-state index >= 15 is 0 Å². The molecule has 1 amide bonds. The van der Waals surface area contributed by atoms with E-state index in [1.807, 2.05) is 13.0 Å². The fourth-order valence-electron chi connectivity index (χ4n) is 2.15. The first-order valence-corrected chi connectivity index (χ1v) is 8.90. The summed E-state index contributed by atoms with van der Waals surface area (Å²) in [4.78, 5) is 23.5. The Labute approximate surface area is 167 Å². The minimum atomic E-state index is -0.557. The number of ether oxygens (including phenoxy) is 3. The molecular weight excluding hydrogens is 384 g/mol. The summed E-state index contributed by atoms with van der Waals surface area (Å²) in [5.74, 6) is 0.274. The Bertz CT molecular complexity index is 862. The summed E-state index contributed by atoms with van der Waals surface area (Å²) in [5, 5.41) is 11.6. The summed E-state index contributed by atoms with van der Waals surface area (Å²) in [6.45, 7) is 2.17. The molecule has 2 rings (SSSR count). The van der Waals surface area contributed by atoms with Crippen LogP contribution in [0.25, 0.3) is 0 Å². The smallest absolute Gasteiger partial charge is 0.309 e. The van der Waals surface area contributed by atoms with Gasteiger partial charge in [-0.1, -0.05) is 11.6 Å². The van der Waals surface area contributed by atoms with Crippen LogP contribution >= 0.6 is 11.6 Å². The van der Waals surface area contributed by atoms with Crippen molar-refractivity contribution < 1.29 is 23.8 Å². The van der Waals surface area contributed by atoms with Crippen LogP contribution in [0.15, 0.2) is 42.5 Å². The lowest BCUT2D eigenvalue weighted by Gasteiger charge is -2.09. The highest BCUT2D eigenvalue weighted by Gasteiger charge is 2.09. The topological polar surface area (TPSA) is 97.7 Å². The van der Waals surface area contributed by atoms with Crippen molar-refractivity contribution in [1.29, 1.82) is 5.26 Å². The van der Waals surface area contributed by atoms with Crippen LogP contribution in [0.2, 0.25) is 5.02 Å². The van der Waals surface area contributed by atoms with Crippen molar-refractivity contribution in [3.63, 3.8) is 0 Å². The number of nitriles is 1. The largest absolute Gasteiger partial charge is 0.494 e. The van der Waals surface area contributed by atoms with Crippen LogP contribution < -0.4 is 14.8 Å². The van der Waals surface area contributed by atoms with Crippen LogP contribution in [0.3, 0.4) is 0 Å². The van der Waals surface area contributed by atoms with Gasteiger partial charge in [0.25, 0.3) is 5.91 Å². The predicted molar refractivity (Wildman–Crippen MR) is 103 cm³/mol. The van der Waals surface area contributed by atoms with Crippen molar-refractivity contribution in [2.24, 2.45) is 0 Å². The van der Waals surface area contributed by atoms with Gasteiger partial charge in [-0.15, -0.1) is 0 Å². The van der Waals surface area contributed by atoms with Crippen molar-refractivity contribution in [3.8, 4) is 17.6 Å². The maximum Gasteiger partial charge on any atom is 0.309 e. The monoisotopic (exact) mass is 402 g/mol. The first kappa shape index (κ1) is 21.1. The molecule has 2 aromatic carbocycles. The molecule has 28 heavy (non-hydrogen) atoms. The van der Waals surface area contributed by atoms with Gasteiger partial charge in [-0.25, -0.2) is 0 Å². The maximum atomic E-state index is 11.8. The van der Waals surface area contributed by atoms with E-state index in [4.69, 9.17) is 31.1 Å². The summed E-state index contributed by atoms with van der Waals surface area (Å²) in [6, 6.07) is 13.4. The van der Waals surface area contributed by atoms with Gasteiger partial charge in [0.15, 0.2) is 6.61 Å². The van der Waals surface area contributed by atoms with Gasteiger partial charge in [0, 0.05) is 5.69 Å². The van der Waals surface area contributed by atoms with Crippen LogP contribution in [0.5, 0.6) is 11.5 Å². The van der Waals surface area contributed by atoms with E-state index in [0.29, 0.717) is 23.6 Å². The zero-order valence-electron chi connectivity index (χ0n) is 15.2. The third-order valence-corrected chi connectivity index (χ3v) is 3.76. The molecule has 0 unspecified atom stereocenters. The highest BCUT2D eigenvalue weighted by molar-refractivity contribution is 6.32. The number of carbonyl (C=O) groups excluding carboxylic acids is 2. The summed E-state index contributed by atoms with van der Waals surface area (Å²) < 4.78 is 15.7. The molecule has 8 heteroatoms. The Morgan fingerprint density at radius 1 is 1.11 bits per heavy atom. The minimum Gasteiger partial charge on any atom is -0.494 e. The van der Waals surface area contributed by atoms with Gasteiger partial charge in [0.05, 0.1) is 30.2 Å². The zero-order valence-corrected chi connectivity index (χ0v) is 16.0. The Kier molecular flexibility index (Phi) is 8.12. The second kappa shape index (κ2) is 10.8. The van der Waals surface area contributed by atoms with Gasteiger partial charge in [-0.05, 0) is 49.4 Å². The van der Waals surface area contributed by atoms with Crippen LogP contribution in [0.4, 0.5) is 5.69 Å². The minimum absolute atomic E-state index is 0.00316. The summed E-state index contributed by atoms with van der Waals surface area (Å²) in [5.41, 5.74) is 0.711.